The zero-order valence-electron chi connectivity index (χ0n) is 11.1. The Bertz CT molecular complexity index is 102. The van der Waals surface area contributed by atoms with Crippen LogP contribution >= 0.6 is 0 Å². The quantitative estimate of drug-likeness (QED) is 0.458. The van der Waals surface area contributed by atoms with Gasteiger partial charge >= 0.3 is 9.53 Å². The minimum absolute atomic E-state index is 0.677. The summed E-state index contributed by atoms with van der Waals surface area (Å²) in [6, 6.07) is 0. The van der Waals surface area contributed by atoms with Gasteiger partial charge in [-0.25, -0.2) is 0 Å². The molecule has 0 aliphatic carbocycles. The minimum Gasteiger partial charge on any atom is -0.376 e. The first kappa shape index (κ1) is 18.4. The maximum absolute atomic E-state index is 5.22. The van der Waals surface area contributed by atoms with Crippen molar-refractivity contribution >= 4 is 9.53 Å². The Labute approximate surface area is 102 Å². The summed E-state index contributed by atoms with van der Waals surface area (Å²) in [7, 11) is -1.73. The van der Waals surface area contributed by atoms with Crippen LogP contribution in [0.1, 0.15) is 27.7 Å². The first-order chi connectivity index (χ1) is 7.76. The first-order valence-corrected chi connectivity index (χ1v) is 7.43. The summed E-state index contributed by atoms with van der Waals surface area (Å²) in [6.45, 7) is 12.6. The van der Waals surface area contributed by atoms with Crippen molar-refractivity contribution in [2.75, 3.05) is 39.5 Å². The normalized spacial score (nSPS) is 10.1. The Morgan fingerprint density at radius 3 is 1.56 bits per heavy atom. The van der Waals surface area contributed by atoms with Gasteiger partial charge in [0.2, 0.25) is 0 Å². The minimum atomic E-state index is -1.73. The van der Waals surface area contributed by atoms with Gasteiger partial charge in [0.05, 0.1) is 0 Å². The third-order valence-electron chi connectivity index (χ3n) is 1.48. The highest BCUT2D eigenvalue weighted by atomic mass is 28.3. The molecule has 0 radical (unpaired) electrons. The molecule has 6 heteroatoms. The van der Waals surface area contributed by atoms with Crippen molar-refractivity contribution in [3.8, 4) is 0 Å². The van der Waals surface area contributed by atoms with Crippen LogP contribution in [0.25, 0.3) is 0 Å². The second-order valence-corrected chi connectivity index (χ2v) is 4.37. The van der Waals surface area contributed by atoms with Crippen LogP contribution in [-0.2, 0) is 13.3 Å². The summed E-state index contributed by atoms with van der Waals surface area (Å²) in [6.07, 6.45) is 0. The molecule has 0 fully saturated rings. The molecular weight excluding hydrogens is 224 g/mol. The van der Waals surface area contributed by atoms with E-state index < -0.39 is 9.53 Å². The van der Waals surface area contributed by atoms with Crippen LogP contribution in [0.2, 0.25) is 0 Å². The summed E-state index contributed by atoms with van der Waals surface area (Å²) < 4.78 is 15.7. The fourth-order valence-corrected chi connectivity index (χ4v) is 1.94. The van der Waals surface area contributed by atoms with E-state index in [2.05, 4.69) is 12.2 Å². The van der Waals surface area contributed by atoms with E-state index >= 15 is 0 Å². The number of hydrogen-bond donors (Lipinski definition) is 2. The molecule has 0 spiro atoms. The molecule has 5 nitrogen and oxygen atoms in total. The van der Waals surface area contributed by atoms with Gasteiger partial charge in [0.1, 0.15) is 0 Å². The van der Waals surface area contributed by atoms with Crippen LogP contribution in [0, 0.1) is 0 Å². The lowest BCUT2D eigenvalue weighted by atomic mass is 10.6. The van der Waals surface area contributed by atoms with E-state index in [0.717, 1.165) is 19.6 Å². The lowest BCUT2D eigenvalue weighted by molar-refractivity contribution is 0.107. The standard InChI is InChI=1S/C6H16O3Si.C4H12N2/c1-4-7-10(8-5-2)9-6-3;1-2-6-4-3-5/h10H,4-6H2,1-3H3;6H,2-5H2,1H3. The summed E-state index contributed by atoms with van der Waals surface area (Å²) in [5, 5.41) is 3.07. The number of nitrogens with one attached hydrogen (secondary N) is 1. The maximum atomic E-state index is 5.22. The van der Waals surface area contributed by atoms with E-state index in [-0.39, 0.29) is 0 Å². The van der Waals surface area contributed by atoms with Gasteiger partial charge in [0, 0.05) is 32.9 Å². The monoisotopic (exact) mass is 252 g/mol. The van der Waals surface area contributed by atoms with Crippen LogP contribution in [0.5, 0.6) is 0 Å². The van der Waals surface area contributed by atoms with Crippen LogP contribution in [0.15, 0.2) is 0 Å². The van der Waals surface area contributed by atoms with Crippen molar-refractivity contribution in [2.45, 2.75) is 27.7 Å². The predicted octanol–water partition coefficient (Wildman–Crippen LogP) is 0.368. The average molecular weight is 252 g/mol. The molecule has 0 aliphatic heterocycles. The molecule has 0 rings (SSSR count). The lowest BCUT2D eigenvalue weighted by Crippen LogP contribution is -2.27. The van der Waals surface area contributed by atoms with Gasteiger partial charge in [-0.15, -0.1) is 0 Å². The number of hydrogen-bond acceptors (Lipinski definition) is 5. The number of rotatable bonds is 9. The SMILES string of the molecule is CCNCCN.CCO[SiH](OCC)OCC. The molecule has 0 atom stereocenters. The van der Waals surface area contributed by atoms with Gasteiger partial charge in [-0.1, -0.05) is 6.92 Å². The molecule has 0 unspecified atom stereocenters. The van der Waals surface area contributed by atoms with E-state index in [1.54, 1.807) is 0 Å². The third-order valence-corrected chi connectivity index (χ3v) is 3.30. The van der Waals surface area contributed by atoms with Crippen molar-refractivity contribution in [3.05, 3.63) is 0 Å². The molecule has 0 saturated heterocycles. The highest BCUT2D eigenvalue weighted by Gasteiger charge is 2.11. The average Bonchev–Trinajstić information content (AvgIpc) is 2.28. The third kappa shape index (κ3) is 16.4. The number of nitrogens with two attached hydrogens (primary N) is 1. The van der Waals surface area contributed by atoms with Gasteiger partial charge in [-0.05, 0) is 27.3 Å². The fraction of sp³-hybridized carbons (Fsp3) is 1.00. The Balaban J connectivity index is 0. The van der Waals surface area contributed by atoms with Crippen LogP contribution < -0.4 is 11.1 Å². The number of likely N-dealkylation sites (N-methyl/N-ethyl adjacent to an activating group) is 1. The molecule has 100 valence electrons. The van der Waals surface area contributed by atoms with E-state index in [4.69, 9.17) is 19.0 Å². The molecule has 0 heterocycles. The zero-order valence-corrected chi connectivity index (χ0v) is 12.3. The predicted molar refractivity (Wildman–Crippen MR) is 69.6 cm³/mol. The highest BCUT2D eigenvalue weighted by Crippen LogP contribution is 1.91. The molecule has 0 saturated carbocycles. The molecule has 0 aromatic carbocycles. The van der Waals surface area contributed by atoms with Gasteiger partial charge in [0.25, 0.3) is 0 Å². The molecule has 0 aliphatic rings. The zero-order chi connectivity index (χ0) is 12.6. The molecule has 16 heavy (non-hydrogen) atoms. The first-order valence-electron chi connectivity index (χ1n) is 6.02. The van der Waals surface area contributed by atoms with Crippen molar-refractivity contribution in [2.24, 2.45) is 5.73 Å². The van der Waals surface area contributed by atoms with E-state index in [9.17, 15) is 0 Å². The van der Waals surface area contributed by atoms with E-state index in [1.807, 2.05) is 20.8 Å². The van der Waals surface area contributed by atoms with Gasteiger partial charge in [0.15, 0.2) is 0 Å². The van der Waals surface area contributed by atoms with Crippen molar-refractivity contribution in [1.82, 2.24) is 5.32 Å². The highest BCUT2D eigenvalue weighted by molar-refractivity contribution is 6.36. The summed E-state index contributed by atoms with van der Waals surface area (Å²) in [4.78, 5) is 0. The van der Waals surface area contributed by atoms with Crippen molar-refractivity contribution < 1.29 is 13.3 Å². The van der Waals surface area contributed by atoms with Crippen LogP contribution in [-0.4, -0.2) is 49.0 Å². The Morgan fingerprint density at radius 2 is 1.38 bits per heavy atom. The second-order valence-electron chi connectivity index (χ2n) is 2.80. The summed E-state index contributed by atoms with van der Waals surface area (Å²) >= 11 is 0. The Morgan fingerprint density at radius 1 is 0.938 bits per heavy atom. The lowest BCUT2D eigenvalue weighted by Gasteiger charge is -2.12. The Kier molecular flexibility index (Phi) is 20.0. The molecule has 3 N–H and O–H groups in total. The Hall–Kier alpha value is 0.0169. The topological polar surface area (TPSA) is 65.7 Å². The molecule has 0 bridgehead atoms. The van der Waals surface area contributed by atoms with Crippen molar-refractivity contribution in [3.63, 3.8) is 0 Å². The van der Waals surface area contributed by atoms with Crippen LogP contribution in [0.3, 0.4) is 0 Å². The summed E-state index contributed by atoms with van der Waals surface area (Å²) in [5.74, 6) is 0. The fourth-order valence-electron chi connectivity index (χ4n) is 0.831. The maximum Gasteiger partial charge on any atom is 0.484 e. The van der Waals surface area contributed by atoms with E-state index in [0.29, 0.717) is 19.8 Å². The molecule has 0 aromatic heterocycles. The van der Waals surface area contributed by atoms with E-state index in [1.165, 1.54) is 0 Å². The molecule has 0 aromatic rings. The van der Waals surface area contributed by atoms with Gasteiger partial charge in [-0.3, -0.25) is 0 Å². The second kappa shape index (κ2) is 17.4. The van der Waals surface area contributed by atoms with Crippen molar-refractivity contribution in [1.29, 1.82) is 0 Å². The summed E-state index contributed by atoms with van der Waals surface area (Å²) in [5.41, 5.74) is 5.15. The molecule has 0 amide bonds. The van der Waals surface area contributed by atoms with Gasteiger partial charge < -0.3 is 24.3 Å². The smallest absolute Gasteiger partial charge is 0.376 e. The largest absolute Gasteiger partial charge is 0.484 e. The van der Waals surface area contributed by atoms with Gasteiger partial charge in [-0.2, -0.15) is 0 Å². The van der Waals surface area contributed by atoms with Crippen LogP contribution in [0.4, 0.5) is 0 Å². The molecular formula is C10H28N2O3Si.